The van der Waals surface area contributed by atoms with E-state index < -0.39 is 42.5 Å². The molecule has 170 valence electrons. The van der Waals surface area contributed by atoms with Crippen molar-refractivity contribution in [1.82, 2.24) is 16.0 Å². The first-order valence-electron chi connectivity index (χ1n) is 10.2. The summed E-state index contributed by atoms with van der Waals surface area (Å²) < 4.78 is 0. The van der Waals surface area contributed by atoms with Crippen LogP contribution in [0, 0.1) is 0 Å². The van der Waals surface area contributed by atoms with Crippen molar-refractivity contribution in [3.63, 3.8) is 0 Å². The molecule has 0 unspecified atom stereocenters. The molecule has 0 bridgehead atoms. The summed E-state index contributed by atoms with van der Waals surface area (Å²) in [6.07, 6.45) is 1.04. The largest absolute Gasteiger partial charge is 0.394 e. The van der Waals surface area contributed by atoms with Gasteiger partial charge in [0.25, 0.3) is 0 Å². The van der Waals surface area contributed by atoms with Gasteiger partial charge in [-0.2, -0.15) is 0 Å². The molecule has 0 saturated carbocycles. The number of nitrogens with one attached hydrogen (secondary N) is 3. The summed E-state index contributed by atoms with van der Waals surface area (Å²) in [5, 5.41) is 17.1. The Kier molecular flexibility index (Phi) is 10.0. The lowest BCUT2D eigenvalue weighted by Crippen LogP contribution is -2.57. The molecule has 0 aliphatic heterocycles. The molecule has 0 fully saturated rings. The number of carbonyl (C=O) groups excluding carboxylic acids is 4. The third-order valence-electron chi connectivity index (χ3n) is 4.73. The van der Waals surface area contributed by atoms with E-state index in [1.165, 1.54) is 0 Å². The monoisotopic (exact) mass is 440 g/mol. The van der Waals surface area contributed by atoms with E-state index in [2.05, 4.69) is 16.0 Å². The lowest BCUT2D eigenvalue weighted by molar-refractivity contribution is -0.133. The Labute approximate surface area is 186 Å². The number of nitrogens with two attached hydrogens (primary N) is 1. The zero-order valence-corrected chi connectivity index (χ0v) is 17.6. The van der Waals surface area contributed by atoms with Crippen LogP contribution in [-0.4, -0.2) is 60.4 Å². The van der Waals surface area contributed by atoms with Crippen LogP contribution in [0.1, 0.15) is 11.1 Å². The highest BCUT2D eigenvalue weighted by atomic mass is 16.3. The number of hydrogen-bond acceptors (Lipinski definition) is 6. The van der Waals surface area contributed by atoms with E-state index in [4.69, 9.17) is 5.73 Å². The SMILES string of the molecule is NCC(=O)N[C@@H](Cc1ccccc1)C(=O)N[C@@H](CO)C(=O)N[C@H](C=O)Cc1ccccc1. The molecule has 0 aliphatic rings. The molecule has 3 amide bonds. The average Bonchev–Trinajstić information content (AvgIpc) is 2.82. The number of amides is 3. The summed E-state index contributed by atoms with van der Waals surface area (Å²) in [4.78, 5) is 48.6. The Bertz CT molecular complexity index is 892. The molecule has 3 atom stereocenters. The van der Waals surface area contributed by atoms with E-state index in [1.54, 1.807) is 24.3 Å². The molecule has 0 saturated heterocycles. The lowest BCUT2D eigenvalue weighted by Gasteiger charge is -2.23. The quantitative estimate of drug-likeness (QED) is 0.269. The zero-order chi connectivity index (χ0) is 23.3. The summed E-state index contributed by atoms with van der Waals surface area (Å²) in [5.74, 6) is -1.90. The first kappa shape index (κ1) is 24.7. The second-order valence-corrected chi connectivity index (χ2v) is 7.20. The van der Waals surface area contributed by atoms with E-state index in [1.807, 2.05) is 36.4 Å². The third kappa shape index (κ3) is 7.93. The minimum absolute atomic E-state index is 0.170. The van der Waals surface area contributed by atoms with Crippen molar-refractivity contribution in [1.29, 1.82) is 0 Å². The summed E-state index contributed by atoms with van der Waals surface area (Å²) >= 11 is 0. The van der Waals surface area contributed by atoms with Crippen LogP contribution < -0.4 is 21.7 Å². The molecule has 2 rings (SSSR count). The van der Waals surface area contributed by atoms with Gasteiger partial charge in [-0.1, -0.05) is 60.7 Å². The fraction of sp³-hybridized carbons (Fsp3) is 0.304. The van der Waals surface area contributed by atoms with Crippen molar-refractivity contribution in [2.75, 3.05) is 13.2 Å². The van der Waals surface area contributed by atoms with Crippen LogP contribution in [0.5, 0.6) is 0 Å². The average molecular weight is 441 g/mol. The molecule has 32 heavy (non-hydrogen) atoms. The maximum atomic E-state index is 12.8. The molecule has 0 aliphatic carbocycles. The third-order valence-corrected chi connectivity index (χ3v) is 4.73. The predicted octanol–water partition coefficient (Wildman–Crippen LogP) is -0.924. The van der Waals surface area contributed by atoms with Gasteiger partial charge in [-0.3, -0.25) is 14.4 Å². The van der Waals surface area contributed by atoms with Gasteiger partial charge in [0.05, 0.1) is 19.2 Å². The Balaban J connectivity index is 2.03. The Morgan fingerprint density at radius 3 is 1.84 bits per heavy atom. The molecule has 0 heterocycles. The first-order chi connectivity index (χ1) is 15.5. The smallest absolute Gasteiger partial charge is 0.245 e. The first-order valence-corrected chi connectivity index (χ1v) is 10.2. The molecule has 0 radical (unpaired) electrons. The summed E-state index contributed by atoms with van der Waals surface area (Å²) in [6.45, 7) is -0.986. The van der Waals surface area contributed by atoms with Crippen molar-refractivity contribution in [2.45, 2.75) is 31.0 Å². The molecule has 2 aromatic carbocycles. The number of carbonyl (C=O) groups is 4. The fourth-order valence-corrected chi connectivity index (χ4v) is 3.06. The van der Waals surface area contributed by atoms with Crippen molar-refractivity contribution in [3.8, 4) is 0 Å². The second-order valence-electron chi connectivity index (χ2n) is 7.20. The number of aliphatic hydroxyl groups is 1. The maximum Gasteiger partial charge on any atom is 0.245 e. The van der Waals surface area contributed by atoms with Crippen LogP contribution in [0.15, 0.2) is 60.7 Å². The Morgan fingerprint density at radius 1 is 0.812 bits per heavy atom. The van der Waals surface area contributed by atoms with Crippen LogP contribution in [0.25, 0.3) is 0 Å². The van der Waals surface area contributed by atoms with Gasteiger partial charge in [0.2, 0.25) is 17.7 Å². The predicted molar refractivity (Wildman–Crippen MR) is 118 cm³/mol. The van der Waals surface area contributed by atoms with Crippen molar-refractivity contribution >= 4 is 24.0 Å². The van der Waals surface area contributed by atoms with Crippen LogP contribution >= 0.6 is 0 Å². The van der Waals surface area contributed by atoms with Crippen LogP contribution in [0.3, 0.4) is 0 Å². The highest BCUT2D eigenvalue weighted by Crippen LogP contribution is 2.05. The van der Waals surface area contributed by atoms with Gasteiger partial charge in [-0.05, 0) is 17.5 Å². The van der Waals surface area contributed by atoms with E-state index in [0.29, 0.717) is 6.29 Å². The molecular weight excluding hydrogens is 412 g/mol. The van der Waals surface area contributed by atoms with Gasteiger partial charge >= 0.3 is 0 Å². The Morgan fingerprint density at radius 2 is 1.34 bits per heavy atom. The summed E-state index contributed by atoms with van der Waals surface area (Å²) in [6, 6.07) is 15.0. The minimum atomic E-state index is -1.30. The van der Waals surface area contributed by atoms with E-state index in [9.17, 15) is 24.3 Å². The maximum absolute atomic E-state index is 12.8. The minimum Gasteiger partial charge on any atom is -0.394 e. The summed E-state index contributed by atoms with van der Waals surface area (Å²) in [7, 11) is 0. The molecule has 6 N–H and O–H groups in total. The number of rotatable bonds is 12. The molecule has 0 aromatic heterocycles. The van der Waals surface area contributed by atoms with Gasteiger partial charge in [0.15, 0.2) is 0 Å². The number of aldehydes is 1. The Hall–Kier alpha value is -3.56. The molecule has 9 heteroatoms. The van der Waals surface area contributed by atoms with E-state index in [0.717, 1.165) is 11.1 Å². The fourth-order valence-electron chi connectivity index (χ4n) is 3.06. The standard InChI is InChI=1S/C23H28N4O5/c24-13-21(30)26-19(12-17-9-5-2-6-10-17)22(31)27-20(15-29)23(32)25-18(14-28)11-16-7-3-1-4-8-16/h1-10,14,18-20,29H,11-13,15,24H2,(H,25,32)(H,26,30)(H,27,31)/t18-,19-,20-/m0/s1. The van der Waals surface area contributed by atoms with Crippen molar-refractivity contribution in [3.05, 3.63) is 71.8 Å². The van der Waals surface area contributed by atoms with Gasteiger partial charge in [-0.25, -0.2) is 0 Å². The highest BCUT2D eigenvalue weighted by molar-refractivity contribution is 5.93. The molecule has 2 aromatic rings. The van der Waals surface area contributed by atoms with Crippen molar-refractivity contribution in [2.24, 2.45) is 5.73 Å². The number of benzene rings is 2. The lowest BCUT2D eigenvalue weighted by atomic mass is 10.0. The van der Waals surface area contributed by atoms with Gasteiger partial charge in [0, 0.05) is 6.42 Å². The molecule has 0 spiro atoms. The van der Waals surface area contributed by atoms with E-state index in [-0.39, 0.29) is 19.4 Å². The topological polar surface area (TPSA) is 151 Å². The van der Waals surface area contributed by atoms with Crippen LogP contribution in [-0.2, 0) is 32.0 Å². The number of aliphatic hydroxyl groups excluding tert-OH is 1. The van der Waals surface area contributed by atoms with Gasteiger partial charge in [0.1, 0.15) is 18.4 Å². The summed E-state index contributed by atoms with van der Waals surface area (Å²) in [5.41, 5.74) is 6.98. The molecular formula is C23H28N4O5. The zero-order valence-electron chi connectivity index (χ0n) is 17.6. The second kappa shape index (κ2) is 13.0. The van der Waals surface area contributed by atoms with Gasteiger partial charge < -0.3 is 31.6 Å². The van der Waals surface area contributed by atoms with Gasteiger partial charge in [-0.15, -0.1) is 0 Å². The van der Waals surface area contributed by atoms with Crippen LogP contribution in [0.2, 0.25) is 0 Å². The highest BCUT2D eigenvalue weighted by Gasteiger charge is 2.27. The van der Waals surface area contributed by atoms with Crippen molar-refractivity contribution < 1.29 is 24.3 Å². The van der Waals surface area contributed by atoms with Crippen LogP contribution in [0.4, 0.5) is 0 Å². The normalized spacial score (nSPS) is 13.3. The van der Waals surface area contributed by atoms with E-state index >= 15 is 0 Å². The molecule has 9 nitrogen and oxygen atoms in total. The number of hydrogen-bond donors (Lipinski definition) is 5.